The highest BCUT2D eigenvalue weighted by atomic mass is 16.2. The summed E-state index contributed by atoms with van der Waals surface area (Å²) < 4.78 is 0. The fourth-order valence-corrected chi connectivity index (χ4v) is 2.48. The molecule has 0 aromatic heterocycles. The van der Waals surface area contributed by atoms with Gasteiger partial charge in [0.05, 0.1) is 0 Å². The van der Waals surface area contributed by atoms with Crippen LogP contribution in [0.4, 0.5) is 5.69 Å². The first-order chi connectivity index (χ1) is 8.67. The number of aryl methyl sites for hydroxylation is 1. The van der Waals surface area contributed by atoms with Crippen LogP contribution in [0.3, 0.4) is 0 Å². The van der Waals surface area contributed by atoms with Crippen molar-refractivity contribution in [3.05, 3.63) is 29.3 Å². The largest absolute Gasteiger partial charge is 0.330 e. The lowest BCUT2D eigenvalue weighted by Gasteiger charge is -2.34. The molecule has 1 aliphatic rings. The van der Waals surface area contributed by atoms with Crippen LogP contribution >= 0.6 is 0 Å². The van der Waals surface area contributed by atoms with Crippen LogP contribution in [0.1, 0.15) is 24.5 Å². The van der Waals surface area contributed by atoms with Gasteiger partial charge in [-0.2, -0.15) is 0 Å². The Kier molecular flexibility index (Phi) is 3.99. The van der Waals surface area contributed by atoms with Crippen LogP contribution in [0, 0.1) is 0 Å². The van der Waals surface area contributed by atoms with Gasteiger partial charge in [0.15, 0.2) is 0 Å². The summed E-state index contributed by atoms with van der Waals surface area (Å²) in [5.74, 6) is 0.173. The second-order valence-corrected chi connectivity index (χ2v) is 4.85. The first-order valence-electron chi connectivity index (χ1n) is 6.51. The van der Waals surface area contributed by atoms with Crippen LogP contribution in [0.15, 0.2) is 18.2 Å². The molecular weight excluding hydrogens is 226 g/mol. The number of hydrogen-bond donors (Lipinski definition) is 2. The zero-order chi connectivity index (χ0) is 13.1. The summed E-state index contributed by atoms with van der Waals surface area (Å²) in [6, 6.07) is 6.31. The van der Waals surface area contributed by atoms with E-state index in [1.165, 1.54) is 11.1 Å². The van der Waals surface area contributed by atoms with Gasteiger partial charge in [-0.3, -0.25) is 4.79 Å². The lowest BCUT2D eigenvalue weighted by molar-refractivity contribution is -0.119. The molecule has 1 amide bonds. The quantitative estimate of drug-likeness (QED) is 0.827. The first kappa shape index (κ1) is 13.1. The zero-order valence-corrected chi connectivity index (χ0v) is 10.9. The molecule has 2 rings (SSSR count). The fourth-order valence-electron chi connectivity index (χ4n) is 2.48. The number of anilines is 1. The van der Waals surface area contributed by atoms with E-state index in [4.69, 9.17) is 11.5 Å². The summed E-state index contributed by atoms with van der Waals surface area (Å²) in [7, 11) is 0. The number of nitrogens with zero attached hydrogens (tertiary/aromatic N) is 1. The topological polar surface area (TPSA) is 72.3 Å². The molecule has 1 aromatic rings. The van der Waals surface area contributed by atoms with E-state index in [0.717, 1.165) is 18.5 Å². The van der Waals surface area contributed by atoms with E-state index in [2.05, 4.69) is 12.1 Å². The van der Waals surface area contributed by atoms with Crippen molar-refractivity contribution in [2.45, 2.75) is 32.2 Å². The number of benzene rings is 1. The molecule has 4 heteroatoms. The van der Waals surface area contributed by atoms with Gasteiger partial charge in [0, 0.05) is 24.7 Å². The molecule has 0 saturated carbocycles. The van der Waals surface area contributed by atoms with Crippen molar-refractivity contribution < 1.29 is 4.79 Å². The Labute approximate surface area is 108 Å². The number of amides is 1. The molecule has 4 nitrogen and oxygen atoms in total. The lowest BCUT2D eigenvalue weighted by Crippen LogP contribution is -2.45. The third-order valence-corrected chi connectivity index (χ3v) is 3.50. The van der Waals surface area contributed by atoms with E-state index in [1.807, 2.05) is 17.9 Å². The van der Waals surface area contributed by atoms with Crippen molar-refractivity contribution in [2.24, 2.45) is 11.5 Å². The number of hydrogen-bond acceptors (Lipinski definition) is 3. The highest BCUT2D eigenvalue weighted by Crippen LogP contribution is 2.30. The number of nitrogens with two attached hydrogens (primary N) is 2. The standard InChI is InChI=1S/C14H21N3O/c1-10(9-16)17-13-4-2-11(6-7-15)8-12(13)3-5-14(17)18/h2,4,8,10H,3,5-7,9,15-16H2,1H3. The maximum absolute atomic E-state index is 12.0. The second-order valence-electron chi connectivity index (χ2n) is 4.85. The maximum atomic E-state index is 12.0. The molecule has 0 fully saturated rings. The van der Waals surface area contributed by atoms with Crippen LogP contribution in [0.5, 0.6) is 0 Å². The SMILES string of the molecule is CC(CN)N1C(=O)CCc2cc(CCN)ccc21. The van der Waals surface area contributed by atoms with Crippen LogP contribution < -0.4 is 16.4 Å². The van der Waals surface area contributed by atoms with Crippen LogP contribution in [-0.4, -0.2) is 25.0 Å². The van der Waals surface area contributed by atoms with Gasteiger partial charge in [-0.05, 0) is 43.5 Å². The monoisotopic (exact) mass is 247 g/mol. The van der Waals surface area contributed by atoms with E-state index in [1.54, 1.807) is 0 Å². The van der Waals surface area contributed by atoms with Crippen molar-refractivity contribution in [1.82, 2.24) is 0 Å². The Morgan fingerprint density at radius 2 is 2.11 bits per heavy atom. The van der Waals surface area contributed by atoms with Gasteiger partial charge in [0.1, 0.15) is 0 Å². The van der Waals surface area contributed by atoms with Crippen LogP contribution in [0.2, 0.25) is 0 Å². The van der Waals surface area contributed by atoms with E-state index in [0.29, 0.717) is 19.5 Å². The minimum Gasteiger partial charge on any atom is -0.330 e. The minimum absolute atomic E-state index is 0.0527. The summed E-state index contributed by atoms with van der Waals surface area (Å²) in [5, 5.41) is 0. The van der Waals surface area contributed by atoms with Crippen molar-refractivity contribution in [3.63, 3.8) is 0 Å². The highest BCUT2D eigenvalue weighted by Gasteiger charge is 2.27. The molecule has 1 atom stereocenters. The molecule has 0 aliphatic carbocycles. The number of carbonyl (C=O) groups is 1. The Morgan fingerprint density at radius 1 is 1.33 bits per heavy atom. The highest BCUT2D eigenvalue weighted by molar-refractivity contribution is 5.97. The molecule has 4 N–H and O–H groups in total. The minimum atomic E-state index is 0.0527. The summed E-state index contributed by atoms with van der Waals surface area (Å²) >= 11 is 0. The van der Waals surface area contributed by atoms with Gasteiger partial charge in [-0.1, -0.05) is 12.1 Å². The van der Waals surface area contributed by atoms with Gasteiger partial charge in [-0.25, -0.2) is 0 Å². The van der Waals surface area contributed by atoms with Crippen molar-refractivity contribution >= 4 is 11.6 Å². The van der Waals surface area contributed by atoms with Crippen LogP contribution in [-0.2, 0) is 17.6 Å². The van der Waals surface area contributed by atoms with E-state index >= 15 is 0 Å². The Morgan fingerprint density at radius 3 is 2.78 bits per heavy atom. The van der Waals surface area contributed by atoms with E-state index < -0.39 is 0 Å². The number of fused-ring (bicyclic) bond motifs is 1. The third kappa shape index (κ3) is 2.40. The maximum Gasteiger partial charge on any atom is 0.227 e. The summed E-state index contributed by atoms with van der Waals surface area (Å²) in [6.45, 7) is 3.12. The average molecular weight is 247 g/mol. The predicted molar refractivity (Wildman–Crippen MR) is 73.5 cm³/mol. The number of carbonyl (C=O) groups excluding carboxylic acids is 1. The zero-order valence-electron chi connectivity index (χ0n) is 10.9. The molecular formula is C14H21N3O. The second kappa shape index (κ2) is 5.50. The summed E-state index contributed by atoms with van der Waals surface area (Å²) in [5.41, 5.74) is 14.8. The van der Waals surface area contributed by atoms with Gasteiger partial charge >= 0.3 is 0 Å². The van der Waals surface area contributed by atoms with E-state index in [9.17, 15) is 4.79 Å². The molecule has 0 bridgehead atoms. The van der Waals surface area contributed by atoms with Gasteiger partial charge in [-0.15, -0.1) is 0 Å². The van der Waals surface area contributed by atoms with Crippen molar-refractivity contribution in [2.75, 3.05) is 18.0 Å². The molecule has 1 unspecified atom stereocenters. The van der Waals surface area contributed by atoms with Crippen molar-refractivity contribution in [3.8, 4) is 0 Å². The first-order valence-corrected chi connectivity index (χ1v) is 6.51. The number of rotatable bonds is 4. The predicted octanol–water partition coefficient (Wildman–Crippen LogP) is 0.814. The smallest absolute Gasteiger partial charge is 0.227 e. The normalized spacial score (nSPS) is 16.6. The molecule has 0 spiro atoms. The van der Waals surface area contributed by atoms with Gasteiger partial charge in [0.2, 0.25) is 5.91 Å². The summed E-state index contributed by atoms with van der Waals surface area (Å²) in [6.07, 6.45) is 2.28. The third-order valence-electron chi connectivity index (χ3n) is 3.50. The Bertz CT molecular complexity index is 445. The van der Waals surface area contributed by atoms with E-state index in [-0.39, 0.29) is 11.9 Å². The molecule has 0 saturated heterocycles. The molecule has 0 radical (unpaired) electrons. The Balaban J connectivity index is 2.35. The summed E-state index contributed by atoms with van der Waals surface area (Å²) in [4.78, 5) is 13.9. The molecule has 1 heterocycles. The molecule has 98 valence electrons. The molecule has 1 aromatic carbocycles. The van der Waals surface area contributed by atoms with Gasteiger partial charge < -0.3 is 16.4 Å². The molecule has 1 aliphatic heterocycles. The lowest BCUT2D eigenvalue weighted by atomic mass is 9.96. The Hall–Kier alpha value is -1.39. The average Bonchev–Trinajstić information content (AvgIpc) is 2.38. The van der Waals surface area contributed by atoms with Crippen molar-refractivity contribution in [1.29, 1.82) is 0 Å². The fraction of sp³-hybridized carbons (Fsp3) is 0.500. The van der Waals surface area contributed by atoms with Crippen LogP contribution in [0.25, 0.3) is 0 Å². The molecule has 18 heavy (non-hydrogen) atoms. The van der Waals surface area contributed by atoms with Gasteiger partial charge in [0.25, 0.3) is 0 Å².